The molecule has 0 atom stereocenters. The van der Waals surface area contributed by atoms with Gasteiger partial charge in [0.1, 0.15) is 10.7 Å². The number of halogens is 1. The summed E-state index contributed by atoms with van der Waals surface area (Å²) in [6.45, 7) is 0.206. The number of hydrogen-bond acceptors (Lipinski definition) is 6. The molecule has 0 aliphatic carbocycles. The van der Waals surface area contributed by atoms with Crippen LogP contribution in [0.5, 0.6) is 0 Å². The van der Waals surface area contributed by atoms with E-state index in [4.69, 9.17) is 11.6 Å². The highest BCUT2D eigenvalue weighted by molar-refractivity contribution is 7.89. The van der Waals surface area contributed by atoms with Gasteiger partial charge in [-0.05, 0) is 6.07 Å². The molecule has 108 valence electrons. The maximum Gasteiger partial charge on any atom is 0.244 e. The van der Waals surface area contributed by atoms with E-state index in [1.807, 2.05) is 0 Å². The number of pyridine rings is 1. The lowest BCUT2D eigenvalue weighted by molar-refractivity contribution is 0.463. The van der Waals surface area contributed by atoms with Crippen molar-refractivity contribution in [1.29, 1.82) is 0 Å². The topological polar surface area (TPSA) is 75.2 Å². The lowest BCUT2D eigenvalue weighted by atomic mass is 10.4. The van der Waals surface area contributed by atoms with Crippen LogP contribution in [0.15, 0.2) is 28.0 Å². The van der Waals surface area contributed by atoms with Gasteiger partial charge in [0.15, 0.2) is 0 Å². The molecule has 0 saturated carbocycles. The van der Waals surface area contributed by atoms with Crippen LogP contribution in [0, 0.1) is 0 Å². The van der Waals surface area contributed by atoms with Gasteiger partial charge in [-0.3, -0.25) is 0 Å². The highest BCUT2D eigenvalue weighted by Crippen LogP contribution is 2.24. The number of anilines is 1. The first-order valence-electron chi connectivity index (χ1n) is 5.62. The van der Waals surface area contributed by atoms with Crippen LogP contribution in [0.2, 0.25) is 5.02 Å². The summed E-state index contributed by atoms with van der Waals surface area (Å²) in [6.07, 6.45) is 1.28. The van der Waals surface area contributed by atoms with Crippen LogP contribution in [-0.2, 0) is 16.6 Å². The van der Waals surface area contributed by atoms with E-state index in [1.54, 1.807) is 17.9 Å². The van der Waals surface area contributed by atoms with Crippen LogP contribution in [0.3, 0.4) is 0 Å². The Hall–Kier alpha value is -1.22. The zero-order valence-electron chi connectivity index (χ0n) is 10.9. The van der Waals surface area contributed by atoms with Gasteiger partial charge in [0.25, 0.3) is 0 Å². The van der Waals surface area contributed by atoms with Crippen LogP contribution in [-0.4, -0.2) is 36.8 Å². The third kappa shape index (κ3) is 3.09. The highest BCUT2D eigenvalue weighted by Gasteiger charge is 2.23. The van der Waals surface area contributed by atoms with E-state index in [0.717, 1.165) is 0 Å². The summed E-state index contributed by atoms with van der Waals surface area (Å²) < 4.78 is 26.0. The molecule has 2 aromatic rings. The molecule has 9 heteroatoms. The molecule has 0 aliphatic rings. The standard InChI is InChI=1S/C11H13ClN4O2S2/c1-13-11-10(12)3-9(4-14-11)20(17,18)16(2)5-8-6-19-7-15-8/h3-4,6-7H,5H2,1-2H3,(H,13,14). The first kappa shape index (κ1) is 15.2. The van der Waals surface area contributed by atoms with Gasteiger partial charge in [0, 0.05) is 25.7 Å². The smallest absolute Gasteiger partial charge is 0.244 e. The average molecular weight is 333 g/mol. The van der Waals surface area contributed by atoms with Crippen LogP contribution >= 0.6 is 22.9 Å². The average Bonchev–Trinajstić information content (AvgIpc) is 2.91. The van der Waals surface area contributed by atoms with Gasteiger partial charge in [-0.15, -0.1) is 11.3 Å². The second-order valence-electron chi connectivity index (χ2n) is 3.99. The number of aromatic nitrogens is 2. The van der Waals surface area contributed by atoms with E-state index >= 15 is 0 Å². The Morgan fingerprint density at radius 2 is 2.20 bits per heavy atom. The minimum absolute atomic E-state index is 0.0548. The molecule has 0 aromatic carbocycles. The summed E-state index contributed by atoms with van der Waals surface area (Å²) in [5, 5.41) is 4.85. The first-order valence-corrected chi connectivity index (χ1v) is 8.38. The molecule has 2 aromatic heterocycles. The molecule has 6 nitrogen and oxygen atoms in total. The summed E-state index contributed by atoms with van der Waals surface area (Å²) in [5.41, 5.74) is 2.36. The number of hydrogen-bond donors (Lipinski definition) is 1. The lowest BCUT2D eigenvalue weighted by Gasteiger charge is -2.16. The Morgan fingerprint density at radius 1 is 1.45 bits per heavy atom. The van der Waals surface area contributed by atoms with E-state index < -0.39 is 10.0 Å². The third-order valence-electron chi connectivity index (χ3n) is 2.63. The Labute approximate surface area is 126 Å². The molecule has 0 saturated heterocycles. The fourth-order valence-corrected chi connectivity index (χ4v) is 3.54. The van der Waals surface area contributed by atoms with Crippen LogP contribution < -0.4 is 5.32 Å². The Morgan fingerprint density at radius 3 is 2.75 bits per heavy atom. The van der Waals surface area contributed by atoms with Crippen molar-refractivity contribution in [2.75, 3.05) is 19.4 Å². The summed E-state index contributed by atoms with van der Waals surface area (Å²) in [4.78, 5) is 8.10. The van der Waals surface area contributed by atoms with Crippen LogP contribution in [0.4, 0.5) is 5.82 Å². The summed E-state index contributed by atoms with van der Waals surface area (Å²) in [7, 11) is -0.481. The minimum atomic E-state index is -3.64. The maximum atomic E-state index is 12.4. The number of nitrogens with zero attached hydrogens (tertiary/aromatic N) is 3. The molecule has 2 heterocycles. The molecule has 0 radical (unpaired) electrons. The summed E-state index contributed by atoms with van der Waals surface area (Å²) in [6, 6.07) is 1.38. The van der Waals surface area contributed by atoms with Gasteiger partial charge in [-0.2, -0.15) is 4.31 Å². The second kappa shape index (κ2) is 6.04. The van der Waals surface area contributed by atoms with Crippen molar-refractivity contribution in [2.24, 2.45) is 0 Å². The minimum Gasteiger partial charge on any atom is -0.372 e. The van der Waals surface area contributed by atoms with Gasteiger partial charge in [0.05, 0.1) is 22.8 Å². The zero-order chi connectivity index (χ0) is 14.8. The van der Waals surface area contributed by atoms with Gasteiger partial charge in [-0.1, -0.05) is 11.6 Å². The maximum absolute atomic E-state index is 12.4. The number of thiazole rings is 1. The summed E-state index contributed by atoms with van der Waals surface area (Å²) in [5.74, 6) is 0.438. The van der Waals surface area contributed by atoms with Gasteiger partial charge < -0.3 is 5.32 Å². The van der Waals surface area contributed by atoms with Gasteiger partial charge >= 0.3 is 0 Å². The molecule has 0 bridgehead atoms. The van der Waals surface area contributed by atoms with Crippen molar-refractivity contribution in [3.05, 3.63) is 33.9 Å². The van der Waals surface area contributed by atoms with E-state index in [2.05, 4.69) is 15.3 Å². The zero-order valence-corrected chi connectivity index (χ0v) is 13.3. The third-order valence-corrected chi connectivity index (χ3v) is 5.32. The second-order valence-corrected chi connectivity index (χ2v) is 7.16. The predicted octanol–water partition coefficient (Wildman–Crippen LogP) is 2.05. The summed E-state index contributed by atoms with van der Waals surface area (Å²) >= 11 is 7.39. The van der Waals surface area contributed by atoms with Crippen LogP contribution in [0.25, 0.3) is 0 Å². The highest BCUT2D eigenvalue weighted by atomic mass is 35.5. The lowest BCUT2D eigenvalue weighted by Crippen LogP contribution is -2.26. The molecule has 2 rings (SSSR count). The van der Waals surface area contributed by atoms with Crippen LogP contribution in [0.1, 0.15) is 5.69 Å². The molecule has 1 N–H and O–H groups in total. The molecule has 0 fully saturated rings. The number of sulfonamides is 1. The fraction of sp³-hybridized carbons (Fsp3) is 0.273. The van der Waals surface area contributed by atoms with E-state index in [1.165, 1.54) is 35.0 Å². The van der Waals surface area contributed by atoms with Gasteiger partial charge in [0.2, 0.25) is 10.0 Å². The largest absolute Gasteiger partial charge is 0.372 e. The Balaban J connectivity index is 2.27. The first-order chi connectivity index (χ1) is 9.45. The predicted molar refractivity (Wildman–Crippen MR) is 79.6 cm³/mol. The van der Waals surface area contributed by atoms with Crippen molar-refractivity contribution < 1.29 is 8.42 Å². The van der Waals surface area contributed by atoms with Gasteiger partial charge in [-0.25, -0.2) is 18.4 Å². The molecule has 0 spiro atoms. The monoisotopic (exact) mass is 332 g/mol. The molecule has 0 amide bonds. The Kier molecular flexibility index (Phi) is 4.59. The van der Waals surface area contributed by atoms with Crippen molar-refractivity contribution >= 4 is 38.8 Å². The molecule has 0 aliphatic heterocycles. The quantitative estimate of drug-likeness (QED) is 0.907. The number of rotatable bonds is 5. The molecular formula is C11H13ClN4O2S2. The Bertz CT molecular complexity index is 688. The SMILES string of the molecule is CNc1ncc(S(=O)(=O)N(C)Cc2cscn2)cc1Cl. The number of nitrogens with one attached hydrogen (secondary N) is 1. The van der Waals surface area contributed by atoms with Crippen molar-refractivity contribution in [3.63, 3.8) is 0 Å². The molecular weight excluding hydrogens is 320 g/mol. The normalized spacial score (nSPS) is 11.8. The molecule has 0 unspecified atom stereocenters. The van der Waals surface area contributed by atoms with Crippen molar-refractivity contribution in [1.82, 2.24) is 14.3 Å². The van der Waals surface area contributed by atoms with E-state index in [-0.39, 0.29) is 16.5 Å². The van der Waals surface area contributed by atoms with Crippen molar-refractivity contribution in [3.8, 4) is 0 Å². The molecule has 20 heavy (non-hydrogen) atoms. The van der Waals surface area contributed by atoms with E-state index in [9.17, 15) is 8.42 Å². The van der Waals surface area contributed by atoms with E-state index in [0.29, 0.717) is 11.5 Å². The van der Waals surface area contributed by atoms with Crippen molar-refractivity contribution in [2.45, 2.75) is 11.4 Å². The fourth-order valence-electron chi connectivity index (χ4n) is 1.55.